The van der Waals surface area contributed by atoms with E-state index in [2.05, 4.69) is 13.5 Å². The molecule has 0 spiro atoms. The van der Waals surface area contributed by atoms with Crippen LogP contribution in [0.1, 0.15) is 35.8 Å². The highest BCUT2D eigenvalue weighted by Gasteiger charge is 2.24. The van der Waals surface area contributed by atoms with Gasteiger partial charge in [-0.25, -0.2) is 4.39 Å². The van der Waals surface area contributed by atoms with E-state index in [1.165, 1.54) is 18.4 Å². The molecule has 0 aromatic heterocycles. The lowest BCUT2D eigenvalue weighted by atomic mass is 9.97. The Labute approximate surface area is 84.5 Å². The van der Waals surface area contributed by atoms with Gasteiger partial charge in [-0.15, -0.1) is 6.58 Å². The number of halogens is 1. The van der Waals surface area contributed by atoms with Gasteiger partial charge in [0.05, 0.1) is 0 Å². The zero-order chi connectivity index (χ0) is 10.1. The summed E-state index contributed by atoms with van der Waals surface area (Å²) in [6.45, 7) is 7.49. The summed E-state index contributed by atoms with van der Waals surface area (Å²) in [4.78, 5) is 0. The molecule has 0 aliphatic heterocycles. The summed E-state index contributed by atoms with van der Waals surface area (Å²) in [6, 6.07) is 5.36. The Kier molecular flexibility index (Phi) is 2.40. The molecule has 1 radical (unpaired) electrons. The van der Waals surface area contributed by atoms with E-state index in [9.17, 15) is 4.39 Å². The summed E-state index contributed by atoms with van der Waals surface area (Å²) in [6.07, 6.45) is 4.15. The summed E-state index contributed by atoms with van der Waals surface area (Å²) >= 11 is 0. The molecule has 0 saturated heterocycles. The Hall–Kier alpha value is -1.11. The van der Waals surface area contributed by atoms with E-state index in [0.717, 1.165) is 0 Å². The molecular weight excluding hydrogens is 175 g/mol. The molecule has 1 fully saturated rings. The van der Waals surface area contributed by atoms with Crippen LogP contribution < -0.4 is 0 Å². The summed E-state index contributed by atoms with van der Waals surface area (Å²) in [5.41, 5.74) is 1.92. The second-order valence-corrected chi connectivity index (χ2v) is 3.90. The molecule has 0 nitrogen and oxygen atoms in total. The van der Waals surface area contributed by atoms with Crippen LogP contribution in [0.5, 0.6) is 0 Å². The lowest BCUT2D eigenvalue weighted by Crippen LogP contribution is -1.95. The van der Waals surface area contributed by atoms with Gasteiger partial charge >= 0.3 is 0 Å². The van der Waals surface area contributed by atoms with E-state index in [-0.39, 0.29) is 11.7 Å². The van der Waals surface area contributed by atoms with Gasteiger partial charge in [0, 0.05) is 5.92 Å². The van der Waals surface area contributed by atoms with Crippen molar-refractivity contribution in [3.63, 3.8) is 0 Å². The molecule has 1 saturated carbocycles. The SMILES string of the molecule is [CH2]C(C=C)c1cc(C2CC2)ccc1F. The molecule has 0 N–H and O–H groups in total. The van der Waals surface area contributed by atoms with Gasteiger partial charge in [-0.2, -0.15) is 0 Å². The molecule has 1 aromatic rings. The van der Waals surface area contributed by atoms with Crippen LogP contribution in [0, 0.1) is 12.7 Å². The monoisotopic (exact) mass is 189 g/mol. The Balaban J connectivity index is 2.35. The van der Waals surface area contributed by atoms with Gasteiger partial charge in [-0.05, 0) is 42.9 Å². The molecule has 1 aliphatic rings. The van der Waals surface area contributed by atoms with Crippen molar-refractivity contribution in [3.05, 3.63) is 54.7 Å². The van der Waals surface area contributed by atoms with Gasteiger partial charge in [0.1, 0.15) is 5.82 Å². The van der Waals surface area contributed by atoms with Crippen LogP contribution in [0.15, 0.2) is 30.9 Å². The molecule has 0 bridgehead atoms. The zero-order valence-corrected chi connectivity index (χ0v) is 8.17. The maximum atomic E-state index is 13.4. The van der Waals surface area contributed by atoms with Gasteiger partial charge in [-0.1, -0.05) is 18.2 Å². The van der Waals surface area contributed by atoms with Crippen LogP contribution in [0.25, 0.3) is 0 Å². The third-order valence-electron chi connectivity index (χ3n) is 2.75. The Bertz CT molecular complexity index is 350. The molecule has 2 rings (SSSR count). The minimum atomic E-state index is -0.172. The van der Waals surface area contributed by atoms with Crippen molar-refractivity contribution < 1.29 is 4.39 Å². The highest BCUT2D eigenvalue weighted by Crippen LogP contribution is 2.41. The minimum absolute atomic E-state index is 0.145. The maximum absolute atomic E-state index is 13.4. The van der Waals surface area contributed by atoms with Crippen LogP contribution in [0.3, 0.4) is 0 Å². The van der Waals surface area contributed by atoms with Crippen LogP contribution in [-0.4, -0.2) is 0 Å². The van der Waals surface area contributed by atoms with Gasteiger partial charge < -0.3 is 0 Å². The van der Waals surface area contributed by atoms with Crippen LogP contribution in [-0.2, 0) is 0 Å². The van der Waals surface area contributed by atoms with Gasteiger partial charge in [-0.3, -0.25) is 0 Å². The van der Waals surface area contributed by atoms with Crippen molar-refractivity contribution in [2.75, 3.05) is 0 Å². The summed E-state index contributed by atoms with van der Waals surface area (Å²) < 4.78 is 13.4. The molecule has 1 aliphatic carbocycles. The van der Waals surface area contributed by atoms with Crippen molar-refractivity contribution in [3.8, 4) is 0 Å². The molecule has 0 heterocycles. The van der Waals surface area contributed by atoms with Crippen LogP contribution in [0.2, 0.25) is 0 Å². The van der Waals surface area contributed by atoms with E-state index in [0.29, 0.717) is 11.5 Å². The molecule has 0 amide bonds. The van der Waals surface area contributed by atoms with Gasteiger partial charge in [0.25, 0.3) is 0 Å². The topological polar surface area (TPSA) is 0 Å². The highest BCUT2D eigenvalue weighted by atomic mass is 19.1. The summed E-state index contributed by atoms with van der Waals surface area (Å²) in [5, 5.41) is 0. The first-order valence-corrected chi connectivity index (χ1v) is 4.97. The van der Waals surface area contributed by atoms with Gasteiger partial charge in [0.15, 0.2) is 0 Å². The largest absolute Gasteiger partial charge is 0.207 e. The first-order valence-electron chi connectivity index (χ1n) is 4.97. The summed E-state index contributed by atoms with van der Waals surface area (Å²) in [7, 11) is 0. The average Bonchev–Trinajstić information content (AvgIpc) is 3.01. The predicted molar refractivity (Wildman–Crippen MR) is 56.7 cm³/mol. The quantitative estimate of drug-likeness (QED) is 0.634. The third kappa shape index (κ3) is 1.72. The second kappa shape index (κ2) is 3.56. The Morgan fingerprint density at radius 3 is 2.71 bits per heavy atom. The van der Waals surface area contributed by atoms with Crippen molar-refractivity contribution in [1.29, 1.82) is 0 Å². The smallest absolute Gasteiger partial charge is 0.127 e. The van der Waals surface area contributed by atoms with E-state index < -0.39 is 0 Å². The molecule has 1 atom stereocenters. The van der Waals surface area contributed by atoms with Crippen molar-refractivity contribution in [2.45, 2.75) is 24.7 Å². The molecule has 73 valence electrons. The second-order valence-electron chi connectivity index (χ2n) is 3.90. The molecule has 1 unspecified atom stereocenters. The Morgan fingerprint density at radius 1 is 1.43 bits per heavy atom. The fraction of sp³-hybridized carbons (Fsp3) is 0.308. The maximum Gasteiger partial charge on any atom is 0.127 e. The standard InChI is InChI=1S/C13H14F/c1-3-9(2)12-8-11(10-4-5-10)6-7-13(12)14/h3,6-10H,1-2,4-5H2. The number of rotatable bonds is 3. The number of benzene rings is 1. The molecule has 14 heavy (non-hydrogen) atoms. The van der Waals surface area contributed by atoms with E-state index in [1.807, 2.05) is 12.1 Å². The van der Waals surface area contributed by atoms with E-state index in [4.69, 9.17) is 0 Å². The van der Waals surface area contributed by atoms with Crippen LogP contribution >= 0.6 is 0 Å². The van der Waals surface area contributed by atoms with E-state index in [1.54, 1.807) is 12.1 Å². The number of hydrogen-bond donors (Lipinski definition) is 0. The lowest BCUT2D eigenvalue weighted by molar-refractivity contribution is 0.608. The molecule has 1 heteroatoms. The fourth-order valence-corrected chi connectivity index (χ4v) is 1.64. The average molecular weight is 189 g/mol. The predicted octanol–water partition coefficient (Wildman–Crippen LogP) is 3.81. The van der Waals surface area contributed by atoms with Crippen molar-refractivity contribution in [1.82, 2.24) is 0 Å². The number of hydrogen-bond acceptors (Lipinski definition) is 0. The summed E-state index contributed by atoms with van der Waals surface area (Å²) in [5.74, 6) is 0.342. The van der Waals surface area contributed by atoms with Crippen LogP contribution in [0.4, 0.5) is 4.39 Å². The lowest BCUT2D eigenvalue weighted by Gasteiger charge is -2.09. The Morgan fingerprint density at radius 2 is 2.14 bits per heavy atom. The van der Waals surface area contributed by atoms with Crippen molar-refractivity contribution in [2.24, 2.45) is 0 Å². The first kappa shape index (κ1) is 9.45. The number of allylic oxidation sites excluding steroid dienone is 1. The van der Waals surface area contributed by atoms with Gasteiger partial charge in [0.2, 0.25) is 0 Å². The molecular formula is C13H14F. The third-order valence-corrected chi connectivity index (χ3v) is 2.75. The fourth-order valence-electron chi connectivity index (χ4n) is 1.64. The van der Waals surface area contributed by atoms with E-state index >= 15 is 0 Å². The normalized spacial score (nSPS) is 17.9. The zero-order valence-electron chi connectivity index (χ0n) is 8.17. The minimum Gasteiger partial charge on any atom is -0.207 e. The first-order chi connectivity index (χ1) is 6.72. The van der Waals surface area contributed by atoms with Crippen molar-refractivity contribution >= 4 is 0 Å². The highest BCUT2D eigenvalue weighted by molar-refractivity contribution is 5.34. The molecule has 1 aromatic carbocycles.